The lowest BCUT2D eigenvalue weighted by Crippen LogP contribution is -2.13. The van der Waals surface area contributed by atoms with Crippen LogP contribution in [-0.2, 0) is 0 Å². The van der Waals surface area contributed by atoms with Crippen molar-refractivity contribution in [1.29, 1.82) is 5.26 Å². The highest BCUT2D eigenvalue weighted by molar-refractivity contribution is 5.69. The number of aromatic nitrogens is 2. The maximum atomic E-state index is 8.92. The average molecular weight is 268 g/mol. The summed E-state index contributed by atoms with van der Waals surface area (Å²) >= 11 is 0. The summed E-state index contributed by atoms with van der Waals surface area (Å²) < 4.78 is 5.48. The lowest BCUT2D eigenvalue weighted by atomic mass is 10.1. The zero-order valence-corrected chi connectivity index (χ0v) is 12.0. The molecule has 0 unspecified atom stereocenters. The molecule has 0 fully saturated rings. The first kappa shape index (κ1) is 13.8. The molecule has 2 aromatic rings. The molecule has 20 heavy (non-hydrogen) atoms. The molecule has 0 bridgehead atoms. The van der Waals surface area contributed by atoms with E-state index in [1.54, 1.807) is 13.2 Å². The summed E-state index contributed by atoms with van der Waals surface area (Å²) in [5.74, 6) is 1.45. The van der Waals surface area contributed by atoms with Crippen molar-refractivity contribution < 1.29 is 4.74 Å². The number of aryl methyl sites for hydroxylation is 2. The van der Waals surface area contributed by atoms with Crippen LogP contribution in [-0.4, -0.2) is 24.1 Å². The fraction of sp³-hybridized carbons (Fsp3) is 0.267. The smallest absolute Gasteiger partial charge is 0.145 e. The number of benzene rings is 1. The average Bonchev–Trinajstić information content (AvgIpc) is 2.45. The highest BCUT2D eigenvalue weighted by atomic mass is 16.5. The molecule has 5 heteroatoms. The Labute approximate surface area is 118 Å². The molecule has 0 aliphatic rings. The molecule has 0 aliphatic heterocycles. The van der Waals surface area contributed by atoms with Crippen LogP contribution in [0.5, 0.6) is 5.75 Å². The molecule has 0 amide bonds. The fourth-order valence-corrected chi connectivity index (χ4v) is 2.16. The van der Waals surface area contributed by atoms with E-state index in [2.05, 4.69) is 16.0 Å². The summed E-state index contributed by atoms with van der Waals surface area (Å²) in [7, 11) is 3.54. The summed E-state index contributed by atoms with van der Waals surface area (Å²) in [4.78, 5) is 9.98. The van der Waals surface area contributed by atoms with Crippen molar-refractivity contribution in [2.75, 3.05) is 19.1 Å². The largest absolute Gasteiger partial charge is 0.494 e. The van der Waals surface area contributed by atoms with Crippen LogP contribution in [0.1, 0.15) is 16.8 Å². The van der Waals surface area contributed by atoms with Crippen molar-refractivity contribution in [3.63, 3.8) is 0 Å². The van der Waals surface area contributed by atoms with Crippen LogP contribution in [0.25, 0.3) is 0 Å². The van der Waals surface area contributed by atoms with Gasteiger partial charge in [-0.1, -0.05) is 6.07 Å². The first-order chi connectivity index (χ1) is 9.56. The number of hydrogen-bond acceptors (Lipinski definition) is 5. The number of nitrogens with zero attached hydrogens (tertiary/aromatic N) is 4. The molecule has 0 radical (unpaired) electrons. The molecule has 0 spiro atoms. The monoisotopic (exact) mass is 268 g/mol. The summed E-state index contributed by atoms with van der Waals surface area (Å²) in [6.07, 6.45) is 1.39. The van der Waals surface area contributed by atoms with Crippen LogP contribution < -0.4 is 9.64 Å². The molecular weight excluding hydrogens is 252 g/mol. The molecule has 0 atom stereocenters. The van der Waals surface area contributed by atoms with Gasteiger partial charge in [-0.2, -0.15) is 5.26 Å². The van der Waals surface area contributed by atoms with E-state index in [1.165, 1.54) is 6.33 Å². The number of ether oxygens (including phenoxy) is 1. The molecule has 5 nitrogen and oxygen atoms in total. The van der Waals surface area contributed by atoms with Gasteiger partial charge < -0.3 is 9.64 Å². The predicted molar refractivity (Wildman–Crippen MR) is 77.3 cm³/mol. The molecule has 2 rings (SSSR count). The number of anilines is 2. The Morgan fingerprint density at radius 2 is 1.95 bits per heavy atom. The van der Waals surface area contributed by atoms with Gasteiger partial charge in [-0.25, -0.2) is 9.97 Å². The maximum absolute atomic E-state index is 8.92. The van der Waals surface area contributed by atoms with Crippen LogP contribution in [0.4, 0.5) is 11.5 Å². The maximum Gasteiger partial charge on any atom is 0.145 e. The van der Waals surface area contributed by atoms with Gasteiger partial charge in [0.05, 0.1) is 12.8 Å². The fourth-order valence-electron chi connectivity index (χ4n) is 2.16. The minimum Gasteiger partial charge on any atom is -0.494 e. The van der Waals surface area contributed by atoms with Crippen molar-refractivity contribution in [2.45, 2.75) is 13.8 Å². The molecule has 1 aromatic heterocycles. The minimum absolute atomic E-state index is 0.338. The zero-order chi connectivity index (χ0) is 14.7. The number of rotatable bonds is 3. The Morgan fingerprint density at radius 3 is 2.60 bits per heavy atom. The van der Waals surface area contributed by atoms with Gasteiger partial charge in [0.25, 0.3) is 0 Å². The Kier molecular flexibility index (Phi) is 3.85. The Bertz CT molecular complexity index is 676. The lowest BCUT2D eigenvalue weighted by molar-refractivity contribution is 0.412. The molecule has 102 valence electrons. The van der Waals surface area contributed by atoms with Crippen molar-refractivity contribution in [3.05, 3.63) is 41.3 Å². The third-order valence-electron chi connectivity index (χ3n) is 3.08. The molecule has 0 N–H and O–H groups in total. The standard InChI is InChI=1S/C15H16N4O/c1-10-5-11(2)15(20-4)13(6-10)19(3)14-7-12(8-16)17-9-18-14/h5-7,9H,1-4H3. The molecule has 1 heterocycles. The SMILES string of the molecule is COc1c(C)cc(C)cc1N(C)c1cc(C#N)ncn1. The van der Waals surface area contributed by atoms with Gasteiger partial charge in [-0.05, 0) is 31.0 Å². The van der Waals surface area contributed by atoms with Crippen molar-refractivity contribution >= 4 is 11.5 Å². The van der Waals surface area contributed by atoms with Crippen molar-refractivity contribution in [2.24, 2.45) is 0 Å². The second kappa shape index (κ2) is 5.57. The number of nitriles is 1. The molecular formula is C15H16N4O. The van der Waals surface area contributed by atoms with Crippen molar-refractivity contribution in [3.8, 4) is 11.8 Å². The normalized spacial score (nSPS) is 9.95. The lowest BCUT2D eigenvalue weighted by Gasteiger charge is -2.22. The van der Waals surface area contributed by atoms with Crippen LogP contribution in [0.3, 0.4) is 0 Å². The van der Waals surface area contributed by atoms with Crippen LogP contribution in [0, 0.1) is 25.2 Å². The molecule has 0 saturated heterocycles. The third kappa shape index (κ3) is 2.54. The van der Waals surface area contributed by atoms with E-state index in [0.717, 1.165) is 22.6 Å². The summed E-state index contributed by atoms with van der Waals surface area (Å²) in [6.45, 7) is 4.04. The highest BCUT2D eigenvalue weighted by Crippen LogP contribution is 2.35. The van der Waals surface area contributed by atoms with Gasteiger partial charge in [0, 0.05) is 13.1 Å². The zero-order valence-electron chi connectivity index (χ0n) is 12.0. The van der Waals surface area contributed by atoms with Gasteiger partial charge >= 0.3 is 0 Å². The Hall–Kier alpha value is -2.61. The number of hydrogen-bond donors (Lipinski definition) is 0. The van der Waals surface area contributed by atoms with Crippen LogP contribution >= 0.6 is 0 Å². The van der Waals surface area contributed by atoms with Gasteiger partial charge in [-0.15, -0.1) is 0 Å². The first-order valence-corrected chi connectivity index (χ1v) is 6.18. The van der Waals surface area contributed by atoms with E-state index in [-0.39, 0.29) is 0 Å². The second-order valence-corrected chi connectivity index (χ2v) is 4.57. The van der Waals surface area contributed by atoms with E-state index in [4.69, 9.17) is 10.00 Å². The van der Waals surface area contributed by atoms with Crippen LogP contribution in [0.15, 0.2) is 24.5 Å². The van der Waals surface area contributed by atoms with E-state index < -0.39 is 0 Å². The van der Waals surface area contributed by atoms with Crippen LogP contribution in [0.2, 0.25) is 0 Å². The Balaban J connectivity index is 2.52. The predicted octanol–water partition coefficient (Wildman–Crippen LogP) is 2.74. The summed E-state index contributed by atoms with van der Waals surface area (Å²) in [5.41, 5.74) is 3.45. The minimum atomic E-state index is 0.338. The molecule has 1 aromatic carbocycles. The molecule has 0 saturated carbocycles. The van der Waals surface area contributed by atoms with Gasteiger partial charge in [0.1, 0.15) is 29.7 Å². The quantitative estimate of drug-likeness (QED) is 0.856. The topological polar surface area (TPSA) is 62.0 Å². The third-order valence-corrected chi connectivity index (χ3v) is 3.08. The van der Waals surface area contributed by atoms with E-state index in [9.17, 15) is 0 Å². The summed E-state index contributed by atoms with van der Waals surface area (Å²) in [6, 6.07) is 7.76. The van der Waals surface area contributed by atoms with Crippen molar-refractivity contribution in [1.82, 2.24) is 9.97 Å². The Morgan fingerprint density at radius 1 is 1.20 bits per heavy atom. The van der Waals surface area contributed by atoms with E-state index >= 15 is 0 Å². The van der Waals surface area contributed by atoms with E-state index in [1.807, 2.05) is 37.9 Å². The van der Waals surface area contributed by atoms with Gasteiger partial charge in [0.2, 0.25) is 0 Å². The van der Waals surface area contributed by atoms with E-state index in [0.29, 0.717) is 11.5 Å². The molecule has 0 aliphatic carbocycles. The second-order valence-electron chi connectivity index (χ2n) is 4.57. The highest BCUT2D eigenvalue weighted by Gasteiger charge is 2.14. The first-order valence-electron chi connectivity index (χ1n) is 6.18. The number of methoxy groups -OCH3 is 1. The summed E-state index contributed by atoms with van der Waals surface area (Å²) in [5, 5.41) is 8.92. The van der Waals surface area contributed by atoms with Gasteiger partial charge in [-0.3, -0.25) is 0 Å². The van der Waals surface area contributed by atoms with Gasteiger partial charge in [0.15, 0.2) is 0 Å².